The van der Waals surface area contributed by atoms with E-state index in [-0.39, 0.29) is 0 Å². The zero-order chi connectivity index (χ0) is 36.2. The maximum atomic E-state index is 12.6. The second-order valence-corrected chi connectivity index (χ2v) is 14.5. The number of ether oxygens (including phenoxy) is 4. The Kier molecular flexibility index (Phi) is 32.7. The summed E-state index contributed by atoms with van der Waals surface area (Å²) in [5.41, 5.74) is 0.437. The molecule has 0 heterocycles. The fraction of sp³-hybridized carbons (Fsp3) is 0.841. The predicted molar refractivity (Wildman–Crippen MR) is 211 cm³/mol. The maximum Gasteiger partial charge on any atom is 0.338 e. The highest BCUT2D eigenvalue weighted by Gasteiger charge is 2.19. The number of unbranched alkanes of at least 4 members (excludes halogenated alkanes) is 27. The molecule has 0 saturated heterocycles. The van der Waals surface area contributed by atoms with Crippen LogP contribution in [0.1, 0.15) is 217 Å². The molecule has 292 valence electrons. The van der Waals surface area contributed by atoms with Crippen LogP contribution in [0.5, 0.6) is 17.2 Å². The van der Waals surface area contributed by atoms with Crippen LogP contribution in [0.25, 0.3) is 0 Å². The zero-order valence-corrected chi connectivity index (χ0v) is 33.2. The molecule has 6 heteroatoms. The summed E-state index contributed by atoms with van der Waals surface area (Å²) in [6.45, 7) is 6.64. The van der Waals surface area contributed by atoms with Crippen LogP contribution in [0.15, 0.2) is 12.1 Å². The Hall–Kier alpha value is -1.95. The van der Waals surface area contributed by atoms with E-state index in [2.05, 4.69) is 13.8 Å². The van der Waals surface area contributed by atoms with Crippen molar-refractivity contribution < 1.29 is 28.8 Å². The molecule has 50 heavy (non-hydrogen) atoms. The summed E-state index contributed by atoms with van der Waals surface area (Å²) in [6.07, 6.45) is 37.2. The van der Waals surface area contributed by atoms with E-state index in [4.69, 9.17) is 24.1 Å². The van der Waals surface area contributed by atoms with Gasteiger partial charge in [0.15, 0.2) is 11.5 Å². The number of carbonyl (C=O) groups excluding carboxylic acids is 1. The molecule has 0 spiro atoms. The second-order valence-electron chi connectivity index (χ2n) is 14.5. The van der Waals surface area contributed by atoms with Gasteiger partial charge in [-0.15, -0.1) is 0 Å². The lowest BCUT2D eigenvalue weighted by atomic mass is 10.1. The molecule has 0 aromatic heterocycles. The first kappa shape index (κ1) is 46.1. The largest absolute Gasteiger partial charge is 0.490 e. The SMILES string of the molecule is CCCCCCCCCCCCOc1cc(C(=O)OC)cc(OCCCCCCCCCCCC)c1OCCCCCCCCCCCCO. The number of aliphatic hydroxyl groups is 1. The topological polar surface area (TPSA) is 74.2 Å². The molecule has 1 aromatic rings. The minimum Gasteiger partial charge on any atom is -0.490 e. The molecule has 0 radical (unpaired) electrons. The summed E-state index contributed by atoms with van der Waals surface area (Å²) in [5.74, 6) is 1.41. The van der Waals surface area contributed by atoms with Gasteiger partial charge in [-0.05, 0) is 37.8 Å². The first-order chi connectivity index (χ1) is 24.7. The average Bonchev–Trinajstić information content (AvgIpc) is 3.13. The Morgan fingerprint density at radius 1 is 0.460 bits per heavy atom. The fourth-order valence-corrected chi connectivity index (χ4v) is 6.51. The van der Waals surface area contributed by atoms with E-state index in [9.17, 15) is 4.79 Å². The molecule has 0 bridgehead atoms. The van der Waals surface area contributed by atoms with Gasteiger partial charge in [-0.1, -0.05) is 181 Å². The van der Waals surface area contributed by atoms with Crippen molar-refractivity contribution in [1.29, 1.82) is 0 Å². The summed E-state index contributed by atoms with van der Waals surface area (Å²) in [5, 5.41) is 8.93. The molecule has 6 nitrogen and oxygen atoms in total. The van der Waals surface area contributed by atoms with E-state index in [0.29, 0.717) is 49.2 Å². The third-order valence-electron chi connectivity index (χ3n) is 9.75. The van der Waals surface area contributed by atoms with Gasteiger partial charge in [0.05, 0.1) is 32.5 Å². The van der Waals surface area contributed by atoms with Gasteiger partial charge in [-0.2, -0.15) is 0 Å². The normalized spacial score (nSPS) is 11.2. The molecule has 0 aliphatic carbocycles. The van der Waals surface area contributed by atoms with Crippen LogP contribution in [-0.4, -0.2) is 44.6 Å². The number of benzene rings is 1. The molecule has 0 aliphatic rings. The summed E-state index contributed by atoms with van der Waals surface area (Å²) in [7, 11) is 1.42. The standard InChI is InChI=1S/C44H80O6/c1-4-6-8-10-12-14-19-23-27-31-35-48-41-38-40(44(46)47-3)39-42(49-36-32-28-24-20-15-13-11-9-7-5-2)43(41)50-37-33-29-25-21-17-16-18-22-26-30-34-45/h38-39,45H,4-37H2,1-3H3. The molecule has 1 aromatic carbocycles. The number of carbonyl (C=O) groups is 1. The second kappa shape index (κ2) is 35.5. The van der Waals surface area contributed by atoms with Crippen molar-refractivity contribution >= 4 is 5.97 Å². The zero-order valence-electron chi connectivity index (χ0n) is 33.2. The molecular weight excluding hydrogens is 624 g/mol. The summed E-state index contributed by atoms with van der Waals surface area (Å²) >= 11 is 0. The van der Waals surface area contributed by atoms with Gasteiger partial charge in [-0.25, -0.2) is 4.79 Å². The Labute approximate surface area is 309 Å². The van der Waals surface area contributed by atoms with Crippen molar-refractivity contribution in [2.75, 3.05) is 33.5 Å². The molecule has 0 fully saturated rings. The van der Waals surface area contributed by atoms with Crippen molar-refractivity contribution in [3.63, 3.8) is 0 Å². The van der Waals surface area contributed by atoms with Crippen LogP contribution in [0.2, 0.25) is 0 Å². The van der Waals surface area contributed by atoms with Crippen molar-refractivity contribution in [3.8, 4) is 17.2 Å². The summed E-state index contributed by atoms with van der Waals surface area (Å²) < 4.78 is 24.1. The number of hydrogen-bond donors (Lipinski definition) is 1. The minimum absolute atomic E-state index is 0.317. The van der Waals surface area contributed by atoms with Crippen LogP contribution in [-0.2, 0) is 4.74 Å². The predicted octanol–water partition coefficient (Wildman–Crippen LogP) is 13.3. The van der Waals surface area contributed by atoms with Gasteiger partial charge < -0.3 is 24.1 Å². The highest BCUT2D eigenvalue weighted by Crippen LogP contribution is 2.40. The van der Waals surface area contributed by atoms with Crippen molar-refractivity contribution in [2.24, 2.45) is 0 Å². The van der Waals surface area contributed by atoms with E-state index in [0.717, 1.165) is 51.4 Å². The molecular formula is C44H80O6. The lowest BCUT2D eigenvalue weighted by Crippen LogP contribution is -2.09. The van der Waals surface area contributed by atoms with Crippen LogP contribution >= 0.6 is 0 Å². The van der Waals surface area contributed by atoms with Crippen LogP contribution in [0.3, 0.4) is 0 Å². The molecule has 0 aliphatic heterocycles. The Balaban J connectivity index is 2.66. The van der Waals surface area contributed by atoms with Crippen molar-refractivity contribution in [3.05, 3.63) is 17.7 Å². The monoisotopic (exact) mass is 705 g/mol. The number of hydrogen-bond acceptors (Lipinski definition) is 6. The molecule has 0 unspecified atom stereocenters. The first-order valence-corrected chi connectivity index (χ1v) is 21.4. The molecule has 0 saturated carbocycles. The summed E-state index contributed by atoms with van der Waals surface area (Å²) in [6, 6.07) is 3.54. The Morgan fingerprint density at radius 2 is 0.760 bits per heavy atom. The highest BCUT2D eigenvalue weighted by atomic mass is 16.5. The van der Waals surface area contributed by atoms with Gasteiger partial charge in [0, 0.05) is 6.61 Å². The van der Waals surface area contributed by atoms with Gasteiger partial charge in [-0.3, -0.25) is 0 Å². The fourth-order valence-electron chi connectivity index (χ4n) is 6.51. The van der Waals surface area contributed by atoms with E-state index in [1.807, 2.05) is 0 Å². The quantitative estimate of drug-likeness (QED) is 0.0545. The number of esters is 1. The Bertz CT molecular complexity index is 840. The van der Waals surface area contributed by atoms with Crippen LogP contribution < -0.4 is 14.2 Å². The van der Waals surface area contributed by atoms with Crippen molar-refractivity contribution in [2.45, 2.75) is 206 Å². The van der Waals surface area contributed by atoms with Crippen LogP contribution in [0, 0.1) is 0 Å². The lowest BCUT2D eigenvalue weighted by molar-refractivity contribution is 0.0599. The summed E-state index contributed by atoms with van der Waals surface area (Å²) in [4.78, 5) is 12.6. The molecule has 0 amide bonds. The number of aliphatic hydroxyl groups excluding tert-OH is 1. The molecule has 0 atom stereocenters. The highest BCUT2D eigenvalue weighted by molar-refractivity contribution is 5.91. The third kappa shape index (κ3) is 25.9. The van der Waals surface area contributed by atoms with Gasteiger partial charge in [0.2, 0.25) is 5.75 Å². The molecule has 1 N–H and O–H groups in total. The first-order valence-electron chi connectivity index (χ1n) is 21.4. The van der Waals surface area contributed by atoms with E-state index in [1.54, 1.807) is 12.1 Å². The molecule has 1 rings (SSSR count). The Morgan fingerprint density at radius 3 is 1.08 bits per heavy atom. The van der Waals surface area contributed by atoms with E-state index < -0.39 is 5.97 Å². The third-order valence-corrected chi connectivity index (χ3v) is 9.75. The van der Waals surface area contributed by atoms with E-state index >= 15 is 0 Å². The number of rotatable bonds is 38. The lowest BCUT2D eigenvalue weighted by Gasteiger charge is -2.18. The van der Waals surface area contributed by atoms with Crippen molar-refractivity contribution in [1.82, 2.24) is 0 Å². The average molecular weight is 705 g/mol. The minimum atomic E-state index is -0.391. The van der Waals surface area contributed by atoms with Crippen LogP contribution in [0.4, 0.5) is 0 Å². The van der Waals surface area contributed by atoms with Gasteiger partial charge in [0.1, 0.15) is 0 Å². The smallest absolute Gasteiger partial charge is 0.338 e. The van der Waals surface area contributed by atoms with E-state index in [1.165, 1.54) is 148 Å². The maximum absolute atomic E-state index is 12.6. The van der Waals surface area contributed by atoms with Gasteiger partial charge >= 0.3 is 5.97 Å². The number of methoxy groups -OCH3 is 1. The van der Waals surface area contributed by atoms with Gasteiger partial charge in [0.25, 0.3) is 0 Å².